The molecule has 140 valence electrons. The molecule has 0 saturated carbocycles. The van der Waals surface area contributed by atoms with Gasteiger partial charge in [0.2, 0.25) is 5.91 Å². The average Bonchev–Trinajstić information content (AvgIpc) is 3.32. The molecule has 1 N–H and O–H groups in total. The van der Waals surface area contributed by atoms with Crippen molar-refractivity contribution in [1.29, 1.82) is 0 Å². The zero-order valence-electron chi connectivity index (χ0n) is 14.3. The molecular formula is C17H17FN6O3. The summed E-state index contributed by atoms with van der Waals surface area (Å²) in [7, 11) is 0. The van der Waals surface area contributed by atoms with Gasteiger partial charge in [0, 0.05) is 13.2 Å². The summed E-state index contributed by atoms with van der Waals surface area (Å²) in [4.78, 5) is 28.8. The third-order valence-electron chi connectivity index (χ3n) is 4.35. The topological polar surface area (TPSA) is 104 Å². The van der Waals surface area contributed by atoms with Crippen molar-refractivity contribution in [2.24, 2.45) is 0 Å². The summed E-state index contributed by atoms with van der Waals surface area (Å²) >= 11 is 0. The molecule has 1 aliphatic heterocycles. The number of carbonyl (C=O) groups is 1. The maximum atomic E-state index is 13.4. The molecule has 1 aliphatic rings. The Hall–Kier alpha value is -3.14. The van der Waals surface area contributed by atoms with Crippen LogP contribution in [0.3, 0.4) is 0 Å². The fraction of sp³-hybridized carbons (Fsp3) is 0.353. The molecule has 1 saturated heterocycles. The summed E-state index contributed by atoms with van der Waals surface area (Å²) in [6.45, 7) is 0.946. The molecule has 0 spiro atoms. The van der Waals surface area contributed by atoms with Crippen LogP contribution in [0.25, 0.3) is 16.9 Å². The Labute approximate surface area is 152 Å². The molecule has 2 aromatic heterocycles. The Morgan fingerprint density at radius 1 is 1.41 bits per heavy atom. The minimum absolute atomic E-state index is 0.00804. The minimum Gasteiger partial charge on any atom is -0.376 e. The number of hydrogen-bond donors (Lipinski definition) is 1. The second kappa shape index (κ2) is 7.23. The van der Waals surface area contributed by atoms with E-state index < -0.39 is 11.4 Å². The van der Waals surface area contributed by atoms with E-state index in [9.17, 15) is 14.0 Å². The van der Waals surface area contributed by atoms with Crippen molar-refractivity contribution < 1.29 is 13.9 Å². The maximum absolute atomic E-state index is 13.4. The smallest absolute Gasteiger partial charge is 0.284 e. The number of hydrogen-bond acceptors (Lipinski definition) is 6. The number of nitrogens with one attached hydrogen (secondary N) is 1. The van der Waals surface area contributed by atoms with Crippen LogP contribution in [0.1, 0.15) is 12.8 Å². The highest BCUT2D eigenvalue weighted by atomic mass is 19.1. The molecule has 3 heterocycles. The standard InChI is InChI=1S/C17H17FN6O3/c18-11-3-1-4-12(7-11)24-16-15(21-22-24)17(26)23(10-20-16)9-14(25)19-8-13-5-2-6-27-13/h1,3-4,7,10,13H,2,5-6,8-9H2,(H,19,25)/t13-/m1/s1. The lowest BCUT2D eigenvalue weighted by Crippen LogP contribution is -2.36. The van der Waals surface area contributed by atoms with Crippen LogP contribution in [0.4, 0.5) is 4.39 Å². The van der Waals surface area contributed by atoms with Gasteiger partial charge in [-0.2, -0.15) is 4.68 Å². The number of nitrogens with zero attached hydrogens (tertiary/aromatic N) is 5. The Bertz CT molecular complexity index is 1040. The van der Waals surface area contributed by atoms with Gasteiger partial charge in [-0.1, -0.05) is 11.3 Å². The fourth-order valence-electron chi connectivity index (χ4n) is 2.98. The molecule has 0 bridgehead atoms. The first-order valence-electron chi connectivity index (χ1n) is 8.57. The third kappa shape index (κ3) is 3.56. The van der Waals surface area contributed by atoms with E-state index in [1.54, 1.807) is 6.07 Å². The van der Waals surface area contributed by atoms with E-state index in [-0.39, 0.29) is 29.7 Å². The number of rotatable bonds is 5. The maximum Gasteiger partial charge on any atom is 0.284 e. The van der Waals surface area contributed by atoms with Crippen molar-refractivity contribution >= 4 is 17.1 Å². The van der Waals surface area contributed by atoms with Crippen LogP contribution < -0.4 is 10.9 Å². The predicted octanol–water partition coefficient (Wildman–Crippen LogP) is 0.411. The highest BCUT2D eigenvalue weighted by Gasteiger charge is 2.18. The zero-order chi connectivity index (χ0) is 18.8. The molecule has 27 heavy (non-hydrogen) atoms. The highest BCUT2D eigenvalue weighted by Crippen LogP contribution is 2.13. The minimum atomic E-state index is -0.491. The highest BCUT2D eigenvalue weighted by molar-refractivity contribution is 5.76. The predicted molar refractivity (Wildman–Crippen MR) is 92.9 cm³/mol. The molecule has 1 atom stereocenters. The Morgan fingerprint density at radius 3 is 3.07 bits per heavy atom. The number of halogens is 1. The SMILES string of the molecule is O=C(Cn1cnc2c(nnn2-c2cccc(F)c2)c1=O)NC[C@H]1CCCO1. The first-order valence-corrected chi connectivity index (χ1v) is 8.57. The molecule has 0 aliphatic carbocycles. The Balaban J connectivity index is 1.54. The molecule has 4 rings (SSSR count). The molecule has 1 amide bonds. The molecule has 9 nitrogen and oxygen atoms in total. The average molecular weight is 372 g/mol. The van der Waals surface area contributed by atoms with Gasteiger partial charge in [0.15, 0.2) is 11.2 Å². The van der Waals surface area contributed by atoms with Gasteiger partial charge < -0.3 is 10.1 Å². The number of carbonyl (C=O) groups excluding carboxylic acids is 1. The van der Waals surface area contributed by atoms with E-state index in [4.69, 9.17) is 4.74 Å². The summed E-state index contributed by atoms with van der Waals surface area (Å²) in [5.74, 6) is -0.751. The fourth-order valence-corrected chi connectivity index (χ4v) is 2.98. The van der Waals surface area contributed by atoms with Crippen LogP contribution >= 0.6 is 0 Å². The van der Waals surface area contributed by atoms with Gasteiger partial charge in [0.1, 0.15) is 18.7 Å². The summed E-state index contributed by atoms with van der Waals surface area (Å²) in [5, 5.41) is 10.5. The van der Waals surface area contributed by atoms with E-state index in [1.807, 2.05) is 0 Å². The Kier molecular flexibility index (Phi) is 4.63. The second-order valence-electron chi connectivity index (χ2n) is 6.27. The monoisotopic (exact) mass is 372 g/mol. The van der Waals surface area contributed by atoms with Gasteiger partial charge >= 0.3 is 0 Å². The number of aromatic nitrogens is 5. The lowest BCUT2D eigenvalue weighted by molar-refractivity contribution is -0.122. The van der Waals surface area contributed by atoms with Crippen LogP contribution in [0.2, 0.25) is 0 Å². The third-order valence-corrected chi connectivity index (χ3v) is 4.35. The molecule has 0 unspecified atom stereocenters. The van der Waals surface area contributed by atoms with Gasteiger partial charge in [-0.25, -0.2) is 9.37 Å². The molecule has 0 radical (unpaired) electrons. The van der Waals surface area contributed by atoms with Gasteiger partial charge in [-0.15, -0.1) is 5.10 Å². The quantitative estimate of drug-likeness (QED) is 0.696. The molecular weight excluding hydrogens is 355 g/mol. The molecule has 3 aromatic rings. The number of amides is 1. The van der Waals surface area contributed by atoms with Crippen LogP contribution in [0, 0.1) is 5.82 Å². The lowest BCUT2D eigenvalue weighted by Gasteiger charge is -2.11. The largest absolute Gasteiger partial charge is 0.376 e. The van der Waals surface area contributed by atoms with Crippen LogP contribution in [0.5, 0.6) is 0 Å². The molecule has 10 heteroatoms. The number of fused-ring (bicyclic) bond motifs is 1. The zero-order valence-corrected chi connectivity index (χ0v) is 14.3. The van der Waals surface area contributed by atoms with E-state index in [0.717, 1.165) is 17.4 Å². The Morgan fingerprint density at radius 2 is 2.30 bits per heavy atom. The molecule has 1 aromatic carbocycles. The second-order valence-corrected chi connectivity index (χ2v) is 6.27. The number of ether oxygens (including phenoxy) is 1. The number of benzene rings is 1. The van der Waals surface area contributed by atoms with E-state index in [0.29, 0.717) is 18.8 Å². The van der Waals surface area contributed by atoms with Crippen molar-refractivity contribution in [2.45, 2.75) is 25.5 Å². The van der Waals surface area contributed by atoms with E-state index >= 15 is 0 Å². The lowest BCUT2D eigenvalue weighted by atomic mass is 10.2. The first kappa shape index (κ1) is 17.3. The van der Waals surface area contributed by atoms with Gasteiger partial charge in [-0.3, -0.25) is 14.2 Å². The molecule has 1 fully saturated rings. The van der Waals surface area contributed by atoms with Crippen LogP contribution in [-0.2, 0) is 16.1 Å². The first-order chi connectivity index (χ1) is 13.1. The van der Waals surface area contributed by atoms with Gasteiger partial charge in [0.05, 0.1) is 11.8 Å². The van der Waals surface area contributed by atoms with E-state index in [2.05, 4.69) is 20.6 Å². The van der Waals surface area contributed by atoms with Crippen molar-refractivity contribution in [3.05, 3.63) is 46.8 Å². The summed E-state index contributed by atoms with van der Waals surface area (Å²) in [6, 6.07) is 5.72. The van der Waals surface area contributed by atoms with Gasteiger partial charge in [-0.05, 0) is 31.0 Å². The summed E-state index contributed by atoms with van der Waals surface area (Å²) in [5.41, 5.74) is 0.113. The normalized spacial score (nSPS) is 16.7. The van der Waals surface area contributed by atoms with Crippen molar-refractivity contribution in [3.63, 3.8) is 0 Å². The summed E-state index contributed by atoms with van der Waals surface area (Å²) in [6.07, 6.45) is 3.19. The van der Waals surface area contributed by atoms with E-state index in [1.165, 1.54) is 29.2 Å². The van der Waals surface area contributed by atoms with Gasteiger partial charge in [0.25, 0.3) is 5.56 Å². The van der Waals surface area contributed by atoms with Crippen LogP contribution in [-0.4, -0.2) is 49.7 Å². The van der Waals surface area contributed by atoms with Crippen molar-refractivity contribution in [2.75, 3.05) is 13.2 Å². The van der Waals surface area contributed by atoms with Crippen molar-refractivity contribution in [3.8, 4) is 5.69 Å². The summed E-state index contributed by atoms with van der Waals surface area (Å²) < 4.78 is 21.3. The van der Waals surface area contributed by atoms with Crippen LogP contribution in [0.15, 0.2) is 35.4 Å². The van der Waals surface area contributed by atoms with Crippen molar-refractivity contribution in [1.82, 2.24) is 29.9 Å².